The van der Waals surface area contributed by atoms with Crippen LogP contribution < -0.4 is 5.43 Å². The Bertz CT molecular complexity index is 965. The Labute approximate surface area is 164 Å². The molecule has 0 saturated carbocycles. The third-order valence-corrected chi connectivity index (χ3v) is 4.72. The van der Waals surface area contributed by atoms with E-state index in [-0.39, 0.29) is 5.76 Å². The summed E-state index contributed by atoms with van der Waals surface area (Å²) in [6.45, 7) is 0. The van der Waals surface area contributed by atoms with Crippen LogP contribution in [0.2, 0.25) is 5.02 Å². The molecular formula is C20H17ClN2O3S. The van der Waals surface area contributed by atoms with Gasteiger partial charge in [0.2, 0.25) is 0 Å². The van der Waals surface area contributed by atoms with E-state index < -0.39 is 16.7 Å². The van der Waals surface area contributed by atoms with Crippen LogP contribution in [-0.4, -0.2) is 22.1 Å². The summed E-state index contributed by atoms with van der Waals surface area (Å²) in [5, 5.41) is 4.90. The lowest BCUT2D eigenvalue weighted by Crippen LogP contribution is -2.20. The van der Waals surface area contributed by atoms with Crippen LogP contribution in [0, 0.1) is 0 Å². The van der Waals surface area contributed by atoms with Crippen molar-refractivity contribution >= 4 is 34.0 Å². The lowest BCUT2D eigenvalue weighted by molar-refractivity contribution is 0.0927. The molecule has 27 heavy (non-hydrogen) atoms. The SMILES string of the molecule is CS(=O)Cc1ccc(C(=NNC(=O)c2ccco2)c2ccc(Cl)cc2)cc1. The Morgan fingerprint density at radius 1 is 1.07 bits per heavy atom. The fourth-order valence-corrected chi connectivity index (χ4v) is 3.25. The Balaban J connectivity index is 1.92. The minimum atomic E-state index is -0.912. The molecule has 0 aliphatic carbocycles. The van der Waals surface area contributed by atoms with Gasteiger partial charge in [0.25, 0.3) is 0 Å². The van der Waals surface area contributed by atoms with Crippen molar-refractivity contribution in [3.05, 3.63) is 94.4 Å². The van der Waals surface area contributed by atoms with Gasteiger partial charge < -0.3 is 4.42 Å². The number of carbonyl (C=O) groups is 1. The van der Waals surface area contributed by atoms with Crippen molar-refractivity contribution < 1.29 is 13.4 Å². The number of nitrogens with zero attached hydrogens (tertiary/aromatic N) is 1. The highest BCUT2D eigenvalue weighted by molar-refractivity contribution is 7.83. The van der Waals surface area contributed by atoms with Gasteiger partial charge in [-0.2, -0.15) is 5.10 Å². The highest BCUT2D eigenvalue weighted by Crippen LogP contribution is 2.16. The largest absolute Gasteiger partial charge is 0.459 e. The fourth-order valence-electron chi connectivity index (χ4n) is 2.47. The number of benzene rings is 2. The predicted molar refractivity (Wildman–Crippen MR) is 107 cm³/mol. The molecule has 0 spiro atoms. The van der Waals surface area contributed by atoms with Crippen LogP contribution in [0.15, 0.2) is 76.4 Å². The fraction of sp³-hybridized carbons (Fsp3) is 0.100. The quantitative estimate of drug-likeness (QED) is 0.502. The van der Waals surface area contributed by atoms with Gasteiger partial charge in [0.05, 0.1) is 12.0 Å². The number of halogens is 1. The number of nitrogens with one attached hydrogen (secondary N) is 1. The van der Waals surface area contributed by atoms with Crippen LogP contribution in [-0.2, 0) is 16.6 Å². The van der Waals surface area contributed by atoms with E-state index in [9.17, 15) is 9.00 Å². The normalized spacial score (nSPS) is 12.6. The molecule has 1 N–H and O–H groups in total. The van der Waals surface area contributed by atoms with Crippen LogP contribution in [0.3, 0.4) is 0 Å². The molecule has 0 radical (unpaired) electrons. The number of carbonyl (C=O) groups excluding carboxylic acids is 1. The van der Waals surface area contributed by atoms with E-state index in [0.717, 1.165) is 16.7 Å². The zero-order valence-corrected chi connectivity index (χ0v) is 16.1. The topological polar surface area (TPSA) is 71.7 Å². The first-order chi connectivity index (χ1) is 13.0. The lowest BCUT2D eigenvalue weighted by Gasteiger charge is -2.09. The van der Waals surface area contributed by atoms with E-state index in [0.29, 0.717) is 16.5 Å². The van der Waals surface area contributed by atoms with Crippen LogP contribution in [0.4, 0.5) is 0 Å². The van der Waals surface area contributed by atoms with Gasteiger partial charge in [-0.15, -0.1) is 0 Å². The second-order valence-corrected chi connectivity index (χ2v) is 7.67. The highest BCUT2D eigenvalue weighted by atomic mass is 35.5. The van der Waals surface area contributed by atoms with Gasteiger partial charge in [-0.3, -0.25) is 9.00 Å². The van der Waals surface area contributed by atoms with E-state index in [4.69, 9.17) is 16.0 Å². The smallest absolute Gasteiger partial charge is 0.307 e. The van der Waals surface area contributed by atoms with E-state index in [1.807, 2.05) is 36.4 Å². The van der Waals surface area contributed by atoms with Crippen LogP contribution in [0.5, 0.6) is 0 Å². The first-order valence-electron chi connectivity index (χ1n) is 8.10. The van der Waals surface area contributed by atoms with E-state index in [1.54, 1.807) is 30.5 Å². The monoisotopic (exact) mass is 400 g/mol. The summed E-state index contributed by atoms with van der Waals surface area (Å²) in [6.07, 6.45) is 3.09. The van der Waals surface area contributed by atoms with Crippen LogP contribution >= 0.6 is 11.6 Å². The van der Waals surface area contributed by atoms with Crippen molar-refractivity contribution in [2.45, 2.75) is 5.75 Å². The van der Waals surface area contributed by atoms with Gasteiger partial charge in [-0.05, 0) is 29.8 Å². The van der Waals surface area contributed by atoms with Crippen molar-refractivity contribution in [1.82, 2.24) is 5.43 Å². The molecule has 0 fully saturated rings. The van der Waals surface area contributed by atoms with Crippen molar-refractivity contribution in [2.24, 2.45) is 5.10 Å². The van der Waals surface area contributed by atoms with Gasteiger partial charge in [0, 0.05) is 39.0 Å². The molecule has 5 nitrogen and oxygen atoms in total. The first-order valence-corrected chi connectivity index (χ1v) is 10.2. The summed E-state index contributed by atoms with van der Waals surface area (Å²) < 4.78 is 16.5. The van der Waals surface area contributed by atoms with Gasteiger partial charge in [0.1, 0.15) is 0 Å². The number of hydrogen-bond donors (Lipinski definition) is 1. The number of hydrazone groups is 1. The second-order valence-electron chi connectivity index (χ2n) is 5.80. The molecule has 138 valence electrons. The Morgan fingerprint density at radius 2 is 1.70 bits per heavy atom. The van der Waals surface area contributed by atoms with Gasteiger partial charge in [0.15, 0.2) is 5.76 Å². The molecule has 0 aliphatic rings. The van der Waals surface area contributed by atoms with Crippen molar-refractivity contribution in [3.63, 3.8) is 0 Å². The summed E-state index contributed by atoms with van der Waals surface area (Å²) in [6, 6.07) is 17.9. The molecule has 7 heteroatoms. The maximum atomic E-state index is 12.1. The standard InChI is InChI=1S/C20H17ClN2O3S/c1-27(25)13-14-4-6-15(7-5-14)19(16-8-10-17(21)11-9-16)22-23-20(24)18-3-2-12-26-18/h2-12H,13H2,1H3,(H,23,24). The summed E-state index contributed by atoms with van der Waals surface area (Å²) in [5.74, 6) is 0.225. The predicted octanol–water partition coefficient (Wildman–Crippen LogP) is 3.99. The maximum absolute atomic E-state index is 12.1. The molecule has 3 aromatic rings. The van der Waals surface area contributed by atoms with E-state index in [1.165, 1.54) is 6.26 Å². The zero-order valence-electron chi connectivity index (χ0n) is 14.5. The van der Waals surface area contributed by atoms with Crippen molar-refractivity contribution in [3.8, 4) is 0 Å². The number of hydrogen-bond acceptors (Lipinski definition) is 4. The molecule has 1 atom stereocenters. The Kier molecular flexibility index (Phi) is 6.21. The number of rotatable bonds is 6. The van der Waals surface area contributed by atoms with Crippen LogP contribution in [0.1, 0.15) is 27.2 Å². The summed E-state index contributed by atoms with van der Waals surface area (Å²) in [5.41, 5.74) is 5.67. The number of furan rings is 1. The summed E-state index contributed by atoms with van der Waals surface area (Å²) in [4.78, 5) is 12.1. The lowest BCUT2D eigenvalue weighted by atomic mass is 10.0. The zero-order chi connectivity index (χ0) is 19.2. The van der Waals surface area contributed by atoms with Gasteiger partial charge in [-0.1, -0.05) is 48.0 Å². The van der Waals surface area contributed by atoms with Crippen LogP contribution in [0.25, 0.3) is 0 Å². The number of amides is 1. The van der Waals surface area contributed by atoms with Crippen molar-refractivity contribution in [1.29, 1.82) is 0 Å². The first kappa shape index (κ1) is 19.1. The molecule has 0 bridgehead atoms. The van der Waals surface area contributed by atoms with Gasteiger partial charge >= 0.3 is 5.91 Å². The summed E-state index contributed by atoms with van der Waals surface area (Å²) in [7, 11) is -0.912. The second kappa shape index (κ2) is 8.79. The van der Waals surface area contributed by atoms with Crippen molar-refractivity contribution in [2.75, 3.05) is 6.26 Å². The van der Waals surface area contributed by atoms with E-state index in [2.05, 4.69) is 10.5 Å². The average molecular weight is 401 g/mol. The highest BCUT2D eigenvalue weighted by Gasteiger charge is 2.11. The molecule has 2 aromatic carbocycles. The third-order valence-electron chi connectivity index (χ3n) is 3.73. The molecule has 0 aliphatic heterocycles. The Hall–Kier alpha value is -2.70. The maximum Gasteiger partial charge on any atom is 0.307 e. The minimum Gasteiger partial charge on any atom is -0.459 e. The molecule has 1 amide bonds. The molecule has 0 saturated heterocycles. The molecule has 1 aromatic heterocycles. The summed E-state index contributed by atoms with van der Waals surface area (Å²) >= 11 is 5.98. The molecule has 1 unspecified atom stereocenters. The average Bonchev–Trinajstić information content (AvgIpc) is 3.19. The molecule has 3 rings (SSSR count). The molecular weight excluding hydrogens is 384 g/mol. The van der Waals surface area contributed by atoms with Gasteiger partial charge in [-0.25, -0.2) is 5.43 Å². The third kappa shape index (κ3) is 5.15. The van der Waals surface area contributed by atoms with E-state index >= 15 is 0 Å². The minimum absolute atomic E-state index is 0.176. The molecule has 1 heterocycles. The Morgan fingerprint density at radius 3 is 2.26 bits per heavy atom.